The van der Waals surface area contributed by atoms with Crippen LogP contribution in [0.2, 0.25) is 0 Å². The van der Waals surface area contributed by atoms with Crippen molar-refractivity contribution in [3.05, 3.63) is 78.0 Å². The van der Waals surface area contributed by atoms with Gasteiger partial charge in [0.2, 0.25) is 5.95 Å². The Balaban J connectivity index is 1.45. The molecule has 1 aliphatic rings. The van der Waals surface area contributed by atoms with Crippen LogP contribution < -0.4 is 5.32 Å². The van der Waals surface area contributed by atoms with Crippen LogP contribution in [0.25, 0.3) is 0 Å². The van der Waals surface area contributed by atoms with E-state index in [2.05, 4.69) is 20.3 Å². The molecule has 6 nitrogen and oxygen atoms in total. The number of rotatable bonds is 4. The second-order valence-electron chi connectivity index (χ2n) is 6.39. The van der Waals surface area contributed by atoms with Gasteiger partial charge in [0.15, 0.2) is 0 Å². The molecule has 2 aromatic heterocycles. The summed E-state index contributed by atoms with van der Waals surface area (Å²) in [5.74, 6) is 0.864. The molecule has 1 atom stereocenters. The highest BCUT2D eigenvalue weighted by atomic mass is 19.1. The summed E-state index contributed by atoms with van der Waals surface area (Å²) in [4.78, 5) is 27.4. The summed E-state index contributed by atoms with van der Waals surface area (Å²) in [6, 6.07) is 13.1. The molecule has 136 valence electrons. The fourth-order valence-corrected chi connectivity index (χ4v) is 3.17. The third-order valence-corrected chi connectivity index (χ3v) is 4.57. The van der Waals surface area contributed by atoms with E-state index < -0.39 is 0 Å². The zero-order valence-corrected chi connectivity index (χ0v) is 14.5. The Morgan fingerprint density at radius 1 is 1.07 bits per heavy atom. The molecule has 0 bridgehead atoms. The van der Waals surface area contributed by atoms with Crippen molar-refractivity contribution < 1.29 is 9.18 Å². The van der Waals surface area contributed by atoms with Gasteiger partial charge in [-0.25, -0.2) is 19.3 Å². The molecular weight excluding hydrogens is 345 g/mol. The van der Waals surface area contributed by atoms with Gasteiger partial charge in [0.1, 0.15) is 11.6 Å². The normalized spacial score (nSPS) is 16.3. The summed E-state index contributed by atoms with van der Waals surface area (Å²) in [6.07, 6.45) is 4.23. The highest BCUT2D eigenvalue weighted by Crippen LogP contribution is 2.27. The first-order chi connectivity index (χ1) is 13.2. The van der Waals surface area contributed by atoms with Gasteiger partial charge < -0.3 is 10.2 Å². The number of aromatic nitrogens is 3. The number of pyridine rings is 1. The smallest absolute Gasteiger partial charge is 0.253 e. The van der Waals surface area contributed by atoms with E-state index in [9.17, 15) is 9.18 Å². The van der Waals surface area contributed by atoms with Gasteiger partial charge in [-0.15, -0.1) is 0 Å². The molecule has 4 rings (SSSR count). The number of carbonyl (C=O) groups is 1. The minimum atomic E-state index is -0.347. The Hall–Kier alpha value is -3.35. The second kappa shape index (κ2) is 7.49. The first-order valence-corrected chi connectivity index (χ1v) is 8.75. The third-order valence-electron chi connectivity index (χ3n) is 4.57. The predicted molar refractivity (Wildman–Crippen MR) is 99.2 cm³/mol. The van der Waals surface area contributed by atoms with E-state index in [1.807, 2.05) is 24.3 Å². The van der Waals surface area contributed by atoms with Crippen molar-refractivity contribution in [1.82, 2.24) is 19.9 Å². The summed E-state index contributed by atoms with van der Waals surface area (Å²) in [5.41, 5.74) is 1.38. The number of hydrogen-bond acceptors (Lipinski definition) is 5. The first-order valence-electron chi connectivity index (χ1n) is 8.75. The van der Waals surface area contributed by atoms with Crippen LogP contribution in [0.15, 0.2) is 60.9 Å². The Labute approximate surface area is 156 Å². The number of nitrogens with zero attached hydrogens (tertiary/aromatic N) is 4. The van der Waals surface area contributed by atoms with E-state index in [0.717, 1.165) is 12.1 Å². The maximum Gasteiger partial charge on any atom is 0.253 e. The average molecular weight is 363 g/mol. The molecule has 0 aliphatic carbocycles. The molecule has 1 amide bonds. The maximum absolute atomic E-state index is 13.1. The van der Waals surface area contributed by atoms with Crippen molar-refractivity contribution in [1.29, 1.82) is 0 Å². The molecule has 0 radical (unpaired) electrons. The molecular formula is C20H18FN5O. The fraction of sp³-hybridized carbons (Fsp3) is 0.200. The van der Waals surface area contributed by atoms with Gasteiger partial charge >= 0.3 is 0 Å². The van der Waals surface area contributed by atoms with Crippen molar-refractivity contribution in [2.45, 2.75) is 12.3 Å². The molecule has 27 heavy (non-hydrogen) atoms. The van der Waals surface area contributed by atoms with Crippen LogP contribution >= 0.6 is 0 Å². The summed E-state index contributed by atoms with van der Waals surface area (Å²) < 4.78 is 13.1. The first kappa shape index (κ1) is 17.1. The van der Waals surface area contributed by atoms with Crippen molar-refractivity contribution >= 4 is 17.7 Å². The van der Waals surface area contributed by atoms with E-state index in [1.54, 1.807) is 17.3 Å². The predicted octanol–water partition coefficient (Wildman–Crippen LogP) is 3.38. The van der Waals surface area contributed by atoms with E-state index in [4.69, 9.17) is 0 Å². The van der Waals surface area contributed by atoms with Crippen LogP contribution in [0.5, 0.6) is 0 Å². The van der Waals surface area contributed by atoms with E-state index >= 15 is 0 Å². The Morgan fingerprint density at radius 2 is 1.93 bits per heavy atom. The molecule has 7 heteroatoms. The summed E-state index contributed by atoms with van der Waals surface area (Å²) >= 11 is 0. The summed E-state index contributed by atoms with van der Waals surface area (Å²) in [7, 11) is 0. The monoisotopic (exact) mass is 363 g/mol. The lowest BCUT2D eigenvalue weighted by molar-refractivity contribution is 0.0790. The SMILES string of the molecule is O=C(c1ccc(F)cc1)N1CC[C@H](c2ccnc(Nc3ccccn3)n2)C1. The lowest BCUT2D eigenvalue weighted by Crippen LogP contribution is -2.28. The molecule has 1 aliphatic heterocycles. The molecule has 0 saturated carbocycles. The highest BCUT2D eigenvalue weighted by molar-refractivity contribution is 5.94. The lowest BCUT2D eigenvalue weighted by atomic mass is 10.1. The number of halogens is 1. The molecule has 1 saturated heterocycles. The minimum absolute atomic E-state index is 0.0848. The number of benzene rings is 1. The third kappa shape index (κ3) is 3.92. The topological polar surface area (TPSA) is 71.0 Å². The van der Waals surface area contributed by atoms with Crippen molar-refractivity contribution in [2.24, 2.45) is 0 Å². The van der Waals surface area contributed by atoms with Crippen molar-refractivity contribution in [3.8, 4) is 0 Å². The summed E-state index contributed by atoms with van der Waals surface area (Å²) in [5, 5.41) is 3.08. The van der Waals surface area contributed by atoms with Crippen LogP contribution in [-0.4, -0.2) is 38.8 Å². The number of likely N-dealkylation sites (tertiary alicyclic amines) is 1. The number of carbonyl (C=O) groups excluding carboxylic acids is 1. The zero-order valence-electron chi connectivity index (χ0n) is 14.5. The maximum atomic E-state index is 13.1. The van der Waals surface area contributed by atoms with Gasteiger partial charge in [-0.1, -0.05) is 6.07 Å². The standard InChI is InChI=1S/C20H18FN5O/c21-16-6-4-14(5-7-16)19(27)26-12-9-15(13-26)17-8-11-23-20(24-17)25-18-3-1-2-10-22-18/h1-8,10-11,15H,9,12-13H2,(H,22,23,24,25)/t15-/m0/s1. The summed E-state index contributed by atoms with van der Waals surface area (Å²) in [6.45, 7) is 1.23. The Kier molecular flexibility index (Phi) is 4.74. The quantitative estimate of drug-likeness (QED) is 0.769. The highest BCUT2D eigenvalue weighted by Gasteiger charge is 2.29. The van der Waals surface area contributed by atoms with E-state index in [1.165, 1.54) is 24.3 Å². The van der Waals surface area contributed by atoms with Crippen LogP contribution in [-0.2, 0) is 0 Å². The van der Waals surface area contributed by atoms with Gasteiger partial charge in [-0.3, -0.25) is 4.79 Å². The molecule has 0 unspecified atom stereocenters. The number of amides is 1. The van der Waals surface area contributed by atoms with Crippen LogP contribution in [0.1, 0.15) is 28.4 Å². The number of hydrogen-bond donors (Lipinski definition) is 1. The second-order valence-corrected chi connectivity index (χ2v) is 6.39. The van der Waals surface area contributed by atoms with E-state index in [-0.39, 0.29) is 17.6 Å². The van der Waals surface area contributed by atoms with Crippen LogP contribution in [0.3, 0.4) is 0 Å². The Bertz CT molecular complexity index is 933. The molecule has 3 heterocycles. The van der Waals surface area contributed by atoms with E-state index in [0.29, 0.717) is 30.4 Å². The molecule has 1 aromatic carbocycles. The van der Waals surface area contributed by atoms with Gasteiger partial charge in [-0.05, 0) is 48.9 Å². The molecule has 0 spiro atoms. The van der Waals surface area contributed by atoms with Gasteiger partial charge in [0.25, 0.3) is 5.91 Å². The molecule has 3 aromatic rings. The van der Waals surface area contributed by atoms with Gasteiger partial charge in [0, 0.05) is 37.0 Å². The minimum Gasteiger partial charge on any atom is -0.338 e. The number of nitrogens with one attached hydrogen (secondary N) is 1. The average Bonchev–Trinajstić information content (AvgIpc) is 3.19. The molecule has 1 fully saturated rings. The van der Waals surface area contributed by atoms with Crippen LogP contribution in [0.4, 0.5) is 16.2 Å². The zero-order chi connectivity index (χ0) is 18.6. The Morgan fingerprint density at radius 3 is 2.70 bits per heavy atom. The molecule has 1 N–H and O–H groups in total. The van der Waals surface area contributed by atoms with Crippen LogP contribution in [0, 0.1) is 5.82 Å². The van der Waals surface area contributed by atoms with Gasteiger partial charge in [-0.2, -0.15) is 0 Å². The fourth-order valence-electron chi connectivity index (χ4n) is 3.17. The number of anilines is 2. The largest absolute Gasteiger partial charge is 0.338 e. The van der Waals surface area contributed by atoms with Gasteiger partial charge in [0.05, 0.1) is 5.69 Å². The van der Waals surface area contributed by atoms with Crippen molar-refractivity contribution in [2.75, 3.05) is 18.4 Å². The van der Waals surface area contributed by atoms with Crippen molar-refractivity contribution in [3.63, 3.8) is 0 Å². The lowest BCUT2D eigenvalue weighted by Gasteiger charge is -2.16.